The average Bonchev–Trinajstić information content (AvgIpc) is 2.49. The van der Waals surface area contributed by atoms with Crippen LogP contribution in [0.4, 0.5) is 0 Å². The van der Waals surface area contributed by atoms with E-state index in [1.807, 2.05) is 0 Å². The van der Waals surface area contributed by atoms with Crippen LogP contribution in [0.3, 0.4) is 0 Å². The predicted molar refractivity (Wildman–Crippen MR) is 85.2 cm³/mol. The Hall–Kier alpha value is -0.520. The molecule has 0 aromatic rings. The zero-order valence-electron chi connectivity index (χ0n) is 12.7. The summed E-state index contributed by atoms with van der Waals surface area (Å²) in [5.74, 6) is 1.86. The molecule has 2 rings (SSSR count). The molecule has 0 saturated heterocycles. The Balaban J connectivity index is 2.21. The van der Waals surface area contributed by atoms with E-state index in [9.17, 15) is 0 Å². The Morgan fingerprint density at radius 2 is 1.05 bits per heavy atom. The second-order valence-corrected chi connectivity index (χ2v) is 6.89. The van der Waals surface area contributed by atoms with Gasteiger partial charge in [0.25, 0.3) is 0 Å². The van der Waals surface area contributed by atoms with Crippen molar-refractivity contribution in [2.45, 2.75) is 77.0 Å². The van der Waals surface area contributed by atoms with E-state index in [0.29, 0.717) is 5.41 Å². The van der Waals surface area contributed by atoms with Crippen LogP contribution >= 0.6 is 0 Å². The van der Waals surface area contributed by atoms with Gasteiger partial charge in [0.2, 0.25) is 0 Å². The summed E-state index contributed by atoms with van der Waals surface area (Å²) >= 11 is 0. The third-order valence-corrected chi connectivity index (χ3v) is 5.89. The van der Waals surface area contributed by atoms with Crippen molar-refractivity contribution in [2.24, 2.45) is 17.3 Å². The summed E-state index contributed by atoms with van der Waals surface area (Å²) in [6.45, 7) is 8.17. The third-order valence-electron chi connectivity index (χ3n) is 5.89. The molecule has 19 heavy (non-hydrogen) atoms. The first kappa shape index (κ1) is 14.9. The van der Waals surface area contributed by atoms with Gasteiger partial charge in [-0.15, -0.1) is 13.2 Å². The number of allylic oxidation sites excluding steroid dienone is 2. The maximum absolute atomic E-state index is 4.08. The zero-order chi connectivity index (χ0) is 13.6. The Labute approximate surface area is 120 Å². The fraction of sp³-hybridized carbons (Fsp3) is 0.789. The maximum atomic E-state index is 4.08. The van der Waals surface area contributed by atoms with Crippen molar-refractivity contribution in [3.63, 3.8) is 0 Å². The first-order chi connectivity index (χ1) is 9.33. The fourth-order valence-corrected chi connectivity index (χ4v) is 4.98. The van der Waals surface area contributed by atoms with Gasteiger partial charge in [-0.1, -0.05) is 50.7 Å². The second kappa shape index (κ2) is 7.31. The van der Waals surface area contributed by atoms with Crippen LogP contribution in [0.15, 0.2) is 25.3 Å². The molecule has 2 saturated carbocycles. The monoisotopic (exact) mass is 260 g/mol. The van der Waals surface area contributed by atoms with Gasteiger partial charge in [0.1, 0.15) is 0 Å². The van der Waals surface area contributed by atoms with Crippen molar-refractivity contribution in [3.8, 4) is 0 Å². The van der Waals surface area contributed by atoms with E-state index in [4.69, 9.17) is 0 Å². The molecule has 0 heteroatoms. The quantitative estimate of drug-likeness (QED) is 0.493. The summed E-state index contributed by atoms with van der Waals surface area (Å²) in [4.78, 5) is 0. The molecule has 0 bridgehead atoms. The summed E-state index contributed by atoms with van der Waals surface area (Å²) in [6, 6.07) is 0. The second-order valence-electron chi connectivity index (χ2n) is 6.89. The van der Waals surface area contributed by atoms with Crippen LogP contribution in [0.5, 0.6) is 0 Å². The molecule has 0 radical (unpaired) electrons. The summed E-state index contributed by atoms with van der Waals surface area (Å²) in [5, 5.41) is 0. The van der Waals surface area contributed by atoms with E-state index in [2.05, 4.69) is 25.3 Å². The van der Waals surface area contributed by atoms with Crippen LogP contribution < -0.4 is 0 Å². The van der Waals surface area contributed by atoms with Crippen LogP contribution in [0, 0.1) is 17.3 Å². The minimum absolute atomic E-state index is 0.504. The molecule has 0 amide bonds. The highest BCUT2D eigenvalue weighted by molar-refractivity contribution is 5.01. The molecule has 0 aliphatic heterocycles. The van der Waals surface area contributed by atoms with Gasteiger partial charge in [-0.25, -0.2) is 0 Å². The Bertz CT molecular complexity index is 246. The number of hydrogen-bond acceptors (Lipinski definition) is 0. The zero-order valence-corrected chi connectivity index (χ0v) is 12.7. The minimum Gasteiger partial charge on any atom is -0.103 e. The molecule has 0 N–H and O–H groups in total. The van der Waals surface area contributed by atoms with E-state index >= 15 is 0 Å². The van der Waals surface area contributed by atoms with Crippen LogP contribution in [0.1, 0.15) is 77.0 Å². The predicted octanol–water partition coefficient (Wildman–Crippen LogP) is 6.29. The smallest absolute Gasteiger partial charge is 0.0172 e. The molecule has 0 heterocycles. The van der Waals surface area contributed by atoms with Crippen LogP contribution in [0.25, 0.3) is 0 Å². The fourth-order valence-electron chi connectivity index (χ4n) is 4.98. The summed E-state index contributed by atoms with van der Waals surface area (Å²) in [6.07, 6.45) is 21.4. The van der Waals surface area contributed by atoms with Gasteiger partial charge in [-0.05, 0) is 55.8 Å². The van der Waals surface area contributed by atoms with E-state index in [-0.39, 0.29) is 0 Å². The lowest BCUT2D eigenvalue weighted by molar-refractivity contribution is 0.0270. The SMILES string of the molecule is C=CCC(CC=C)(C1CCCCC1)C1CCCCC1. The molecule has 2 fully saturated rings. The van der Waals surface area contributed by atoms with Gasteiger partial charge in [-0.3, -0.25) is 0 Å². The van der Waals surface area contributed by atoms with Gasteiger partial charge in [-0.2, -0.15) is 0 Å². The van der Waals surface area contributed by atoms with Crippen LogP contribution in [-0.4, -0.2) is 0 Å². The third kappa shape index (κ3) is 3.33. The molecular weight excluding hydrogens is 228 g/mol. The Morgan fingerprint density at radius 1 is 0.684 bits per heavy atom. The van der Waals surface area contributed by atoms with Crippen molar-refractivity contribution in [1.29, 1.82) is 0 Å². The standard InChI is InChI=1S/C19H32/c1-3-15-19(16-4-2,17-11-7-5-8-12-17)18-13-9-6-10-14-18/h3-4,17-18H,1-2,5-16H2. The number of hydrogen-bond donors (Lipinski definition) is 0. The normalized spacial score (nSPS) is 23.2. The van der Waals surface area contributed by atoms with Crippen molar-refractivity contribution in [1.82, 2.24) is 0 Å². The van der Waals surface area contributed by atoms with Gasteiger partial charge in [0.15, 0.2) is 0 Å². The van der Waals surface area contributed by atoms with E-state index in [0.717, 1.165) is 11.8 Å². The summed E-state index contributed by atoms with van der Waals surface area (Å²) in [5.41, 5.74) is 0.504. The topological polar surface area (TPSA) is 0 Å². The molecule has 0 aromatic heterocycles. The molecule has 0 spiro atoms. The van der Waals surface area contributed by atoms with Crippen LogP contribution in [-0.2, 0) is 0 Å². The van der Waals surface area contributed by atoms with Crippen molar-refractivity contribution in [2.75, 3.05) is 0 Å². The average molecular weight is 260 g/mol. The summed E-state index contributed by atoms with van der Waals surface area (Å²) < 4.78 is 0. The summed E-state index contributed by atoms with van der Waals surface area (Å²) in [7, 11) is 0. The lowest BCUT2D eigenvalue weighted by atomic mass is 9.56. The van der Waals surface area contributed by atoms with Gasteiger partial charge in [0.05, 0.1) is 0 Å². The molecule has 0 unspecified atom stereocenters. The molecule has 2 aliphatic carbocycles. The number of rotatable bonds is 6. The highest BCUT2D eigenvalue weighted by Crippen LogP contribution is 2.53. The first-order valence-corrected chi connectivity index (χ1v) is 8.55. The molecular formula is C19H32. The molecule has 2 aliphatic rings. The lowest BCUT2D eigenvalue weighted by Gasteiger charge is -2.49. The van der Waals surface area contributed by atoms with Crippen molar-refractivity contribution in [3.05, 3.63) is 25.3 Å². The van der Waals surface area contributed by atoms with Crippen molar-refractivity contribution >= 4 is 0 Å². The van der Waals surface area contributed by atoms with E-state index in [1.54, 1.807) is 0 Å². The molecule has 108 valence electrons. The van der Waals surface area contributed by atoms with Gasteiger partial charge in [0, 0.05) is 0 Å². The molecule has 0 nitrogen and oxygen atoms in total. The Kier molecular flexibility index (Phi) is 5.73. The maximum Gasteiger partial charge on any atom is -0.0172 e. The first-order valence-electron chi connectivity index (χ1n) is 8.55. The molecule has 0 atom stereocenters. The highest BCUT2D eigenvalue weighted by atomic mass is 14.5. The van der Waals surface area contributed by atoms with E-state index in [1.165, 1.54) is 77.0 Å². The van der Waals surface area contributed by atoms with Crippen molar-refractivity contribution < 1.29 is 0 Å². The van der Waals surface area contributed by atoms with E-state index < -0.39 is 0 Å². The Morgan fingerprint density at radius 3 is 1.37 bits per heavy atom. The lowest BCUT2D eigenvalue weighted by Crippen LogP contribution is -2.39. The highest BCUT2D eigenvalue weighted by Gasteiger charge is 2.43. The van der Waals surface area contributed by atoms with Crippen LogP contribution in [0.2, 0.25) is 0 Å². The molecule has 0 aromatic carbocycles. The minimum atomic E-state index is 0.504. The van der Waals surface area contributed by atoms with Gasteiger partial charge < -0.3 is 0 Å². The largest absolute Gasteiger partial charge is 0.103 e. The van der Waals surface area contributed by atoms with Gasteiger partial charge >= 0.3 is 0 Å².